The van der Waals surface area contributed by atoms with E-state index in [9.17, 15) is 4.79 Å². The van der Waals surface area contributed by atoms with Gasteiger partial charge in [0.1, 0.15) is 23.0 Å². The highest BCUT2D eigenvalue weighted by molar-refractivity contribution is 6.30. The van der Waals surface area contributed by atoms with E-state index in [-0.39, 0.29) is 23.8 Å². The number of carbonyl (C=O) groups is 1. The van der Waals surface area contributed by atoms with Gasteiger partial charge in [-0.15, -0.1) is 0 Å². The zero-order valence-corrected chi connectivity index (χ0v) is 21.2. The van der Waals surface area contributed by atoms with E-state index in [0.29, 0.717) is 34.3 Å². The Morgan fingerprint density at radius 2 is 1.62 bits per heavy atom. The second-order valence-electron chi connectivity index (χ2n) is 9.59. The number of amides is 1. The summed E-state index contributed by atoms with van der Waals surface area (Å²) in [6, 6.07) is 22.8. The van der Waals surface area contributed by atoms with Crippen molar-refractivity contribution in [2.75, 3.05) is 0 Å². The van der Waals surface area contributed by atoms with Crippen LogP contribution < -0.4 is 21.5 Å². The number of halogens is 1. The Morgan fingerprint density at radius 1 is 0.973 bits per heavy atom. The summed E-state index contributed by atoms with van der Waals surface area (Å²) in [5.74, 6) is 1.29. The normalized spacial score (nSPS) is 17.5. The zero-order valence-electron chi connectivity index (χ0n) is 20.4. The number of nitrogen functional groups attached to an aromatic ring is 1. The Hall–Kier alpha value is -3.81. The molecular formula is C29H30ClN5O2. The summed E-state index contributed by atoms with van der Waals surface area (Å²) < 4.78 is 7.90. The standard InChI is InChI=1S/C29H30ClN5O2/c30-21-5-13-25(14-6-21)37-24-11-1-18(2-12-24)17-35-26-16-20(28(32)33)4-3-19(26)15-27(35)29(36)34-23-9-7-22(31)8-10-23/h1-6,11-16,22-23H,7-10,17,31H2,(H3,32,33)(H,34,36). The molecule has 4 aromatic rings. The first-order valence-corrected chi connectivity index (χ1v) is 12.8. The molecule has 8 heteroatoms. The molecule has 0 radical (unpaired) electrons. The molecule has 1 aromatic heterocycles. The predicted molar refractivity (Wildman–Crippen MR) is 148 cm³/mol. The third-order valence-electron chi connectivity index (χ3n) is 6.87. The lowest BCUT2D eigenvalue weighted by atomic mass is 9.92. The maximum Gasteiger partial charge on any atom is 0.268 e. The summed E-state index contributed by atoms with van der Waals surface area (Å²) in [5, 5.41) is 12.6. The molecule has 7 nitrogen and oxygen atoms in total. The van der Waals surface area contributed by atoms with Gasteiger partial charge >= 0.3 is 0 Å². The van der Waals surface area contributed by atoms with Crippen LogP contribution in [0.25, 0.3) is 10.9 Å². The molecule has 37 heavy (non-hydrogen) atoms. The van der Waals surface area contributed by atoms with E-state index in [1.54, 1.807) is 12.1 Å². The second kappa shape index (κ2) is 10.7. The highest BCUT2D eigenvalue weighted by Gasteiger charge is 2.23. The molecule has 1 aliphatic rings. The molecule has 6 N–H and O–H groups in total. The SMILES string of the molecule is N=C(N)c1ccc2cc(C(=O)NC3CCC(N)CC3)n(Cc3ccc(Oc4ccc(Cl)cc4)cc3)c2c1. The topological polar surface area (TPSA) is 119 Å². The first-order chi connectivity index (χ1) is 17.9. The molecule has 1 fully saturated rings. The van der Waals surface area contributed by atoms with Gasteiger partial charge in [-0.1, -0.05) is 35.9 Å². The van der Waals surface area contributed by atoms with Crippen LogP contribution in [-0.4, -0.2) is 28.4 Å². The van der Waals surface area contributed by atoms with E-state index >= 15 is 0 Å². The molecule has 0 spiro atoms. The summed E-state index contributed by atoms with van der Waals surface area (Å²) in [6.45, 7) is 0.477. The second-order valence-corrected chi connectivity index (χ2v) is 10.0. The molecule has 5 rings (SSSR count). The maximum atomic E-state index is 13.4. The van der Waals surface area contributed by atoms with Crippen molar-refractivity contribution in [3.8, 4) is 11.5 Å². The summed E-state index contributed by atoms with van der Waals surface area (Å²) in [5.41, 5.74) is 14.9. The van der Waals surface area contributed by atoms with E-state index in [0.717, 1.165) is 42.1 Å². The third kappa shape index (κ3) is 5.79. The number of ether oxygens (including phenoxy) is 1. The van der Waals surface area contributed by atoms with Crippen LogP contribution in [0.2, 0.25) is 5.02 Å². The van der Waals surface area contributed by atoms with E-state index in [1.807, 2.05) is 65.2 Å². The third-order valence-corrected chi connectivity index (χ3v) is 7.12. The molecule has 190 valence electrons. The van der Waals surface area contributed by atoms with Gasteiger partial charge in [0.25, 0.3) is 5.91 Å². The van der Waals surface area contributed by atoms with Gasteiger partial charge in [-0.2, -0.15) is 0 Å². The number of nitrogens with zero attached hydrogens (tertiary/aromatic N) is 1. The Morgan fingerprint density at radius 3 is 2.27 bits per heavy atom. The fraction of sp³-hybridized carbons (Fsp3) is 0.241. The van der Waals surface area contributed by atoms with Crippen molar-refractivity contribution in [2.45, 2.75) is 44.3 Å². The minimum Gasteiger partial charge on any atom is -0.457 e. The van der Waals surface area contributed by atoms with Crippen LogP contribution in [0, 0.1) is 5.41 Å². The molecule has 0 unspecified atom stereocenters. The summed E-state index contributed by atoms with van der Waals surface area (Å²) in [7, 11) is 0. The molecule has 3 aromatic carbocycles. The van der Waals surface area contributed by atoms with Gasteiger partial charge in [-0.3, -0.25) is 10.2 Å². The molecular weight excluding hydrogens is 486 g/mol. The van der Waals surface area contributed by atoms with Crippen LogP contribution >= 0.6 is 11.6 Å². The monoisotopic (exact) mass is 515 g/mol. The van der Waals surface area contributed by atoms with E-state index in [2.05, 4.69) is 5.32 Å². The number of aromatic nitrogens is 1. The number of hydrogen-bond acceptors (Lipinski definition) is 4. The predicted octanol–water partition coefficient (Wildman–Crippen LogP) is 5.42. The molecule has 0 saturated heterocycles. The Kier molecular flexibility index (Phi) is 7.17. The minimum atomic E-state index is -0.108. The van der Waals surface area contributed by atoms with Crippen LogP contribution in [0.3, 0.4) is 0 Å². The van der Waals surface area contributed by atoms with E-state index in [1.165, 1.54) is 0 Å². The minimum absolute atomic E-state index is 0.0112. The number of fused-ring (bicyclic) bond motifs is 1. The Labute approximate surface area is 220 Å². The van der Waals surface area contributed by atoms with Crippen molar-refractivity contribution in [1.82, 2.24) is 9.88 Å². The van der Waals surface area contributed by atoms with Crippen molar-refractivity contribution >= 4 is 34.2 Å². The number of rotatable bonds is 7. The quantitative estimate of drug-likeness (QED) is 0.194. The van der Waals surface area contributed by atoms with Crippen molar-refractivity contribution in [1.29, 1.82) is 5.41 Å². The molecule has 1 aliphatic carbocycles. The van der Waals surface area contributed by atoms with Crippen molar-refractivity contribution in [3.63, 3.8) is 0 Å². The highest BCUT2D eigenvalue weighted by Crippen LogP contribution is 2.27. The average Bonchev–Trinajstić information content (AvgIpc) is 3.25. The van der Waals surface area contributed by atoms with Gasteiger partial charge in [0.05, 0.1) is 0 Å². The molecule has 0 atom stereocenters. The summed E-state index contributed by atoms with van der Waals surface area (Å²) in [6.07, 6.45) is 3.61. The summed E-state index contributed by atoms with van der Waals surface area (Å²) >= 11 is 5.96. The lowest BCUT2D eigenvalue weighted by Crippen LogP contribution is -2.41. The van der Waals surface area contributed by atoms with Gasteiger partial charge in [-0.05, 0) is 79.8 Å². The number of carbonyl (C=O) groups excluding carboxylic acids is 1. The Balaban J connectivity index is 1.42. The van der Waals surface area contributed by atoms with Crippen LogP contribution in [0.1, 0.15) is 47.3 Å². The fourth-order valence-corrected chi connectivity index (χ4v) is 4.91. The van der Waals surface area contributed by atoms with Crippen molar-refractivity contribution < 1.29 is 9.53 Å². The van der Waals surface area contributed by atoms with E-state index < -0.39 is 0 Å². The first-order valence-electron chi connectivity index (χ1n) is 12.4. The lowest BCUT2D eigenvalue weighted by Gasteiger charge is -2.27. The molecule has 1 amide bonds. The van der Waals surface area contributed by atoms with Crippen molar-refractivity contribution in [3.05, 3.63) is 94.6 Å². The van der Waals surface area contributed by atoms with Crippen LogP contribution in [0.15, 0.2) is 72.8 Å². The van der Waals surface area contributed by atoms with Crippen LogP contribution in [0.5, 0.6) is 11.5 Å². The molecule has 1 heterocycles. The van der Waals surface area contributed by atoms with Gasteiger partial charge in [0.2, 0.25) is 0 Å². The first kappa shape index (κ1) is 24.9. The number of nitrogens with two attached hydrogens (primary N) is 2. The largest absolute Gasteiger partial charge is 0.457 e. The smallest absolute Gasteiger partial charge is 0.268 e. The van der Waals surface area contributed by atoms with E-state index in [4.69, 9.17) is 33.2 Å². The average molecular weight is 516 g/mol. The number of hydrogen-bond donors (Lipinski definition) is 4. The van der Waals surface area contributed by atoms with Gasteiger partial charge in [0, 0.05) is 40.1 Å². The Bertz CT molecular complexity index is 1420. The van der Waals surface area contributed by atoms with Crippen LogP contribution in [0.4, 0.5) is 0 Å². The van der Waals surface area contributed by atoms with Gasteiger partial charge in [-0.25, -0.2) is 0 Å². The van der Waals surface area contributed by atoms with Crippen molar-refractivity contribution in [2.24, 2.45) is 11.5 Å². The number of benzene rings is 3. The molecule has 0 aliphatic heterocycles. The number of amidine groups is 1. The van der Waals surface area contributed by atoms with Gasteiger partial charge in [0.15, 0.2) is 0 Å². The lowest BCUT2D eigenvalue weighted by molar-refractivity contribution is 0.0917. The molecule has 0 bridgehead atoms. The molecule has 1 saturated carbocycles. The zero-order chi connectivity index (χ0) is 25.9. The maximum absolute atomic E-state index is 13.4. The summed E-state index contributed by atoms with van der Waals surface area (Å²) in [4.78, 5) is 13.4. The number of nitrogens with one attached hydrogen (secondary N) is 2. The fourth-order valence-electron chi connectivity index (χ4n) is 4.79. The highest BCUT2D eigenvalue weighted by atomic mass is 35.5. The van der Waals surface area contributed by atoms with Gasteiger partial charge < -0.3 is 26.1 Å². The van der Waals surface area contributed by atoms with Crippen LogP contribution in [-0.2, 0) is 6.54 Å².